The lowest BCUT2D eigenvalue weighted by Crippen LogP contribution is -2.43. The number of carbonyl (C=O) groups excluding carboxylic acids is 1. The topological polar surface area (TPSA) is 55.2 Å². The zero-order chi connectivity index (χ0) is 24.3. The molecule has 7 heteroatoms. The van der Waals surface area contributed by atoms with Crippen LogP contribution in [0.4, 0.5) is 0 Å². The highest BCUT2D eigenvalue weighted by Gasteiger charge is 2.22. The Morgan fingerprint density at radius 2 is 1.70 bits per heavy atom. The van der Waals surface area contributed by atoms with Crippen molar-refractivity contribution >= 4 is 40.2 Å². The normalized spacial score (nSPS) is 12.5. The number of halogens is 1. The van der Waals surface area contributed by atoms with Crippen molar-refractivity contribution in [3.63, 3.8) is 0 Å². The molecule has 0 aliphatic heterocycles. The van der Waals surface area contributed by atoms with Crippen LogP contribution in [0.2, 0.25) is 5.02 Å². The highest BCUT2D eigenvalue weighted by Crippen LogP contribution is 2.26. The number of benzene rings is 2. The molecule has 0 spiro atoms. The molecule has 176 valence electrons. The fourth-order valence-corrected chi connectivity index (χ4v) is 5.07. The molecule has 0 radical (unpaired) electrons. The number of amides is 1. The lowest BCUT2D eigenvalue weighted by molar-refractivity contribution is -0.131. The largest absolute Gasteiger partial charge is 0.337 e. The first kappa shape index (κ1) is 25.3. The third kappa shape index (κ3) is 5.61. The Morgan fingerprint density at radius 1 is 1.06 bits per heavy atom. The monoisotopic (exact) mass is 485 g/mol. The van der Waals surface area contributed by atoms with Crippen LogP contribution in [0.25, 0.3) is 16.6 Å². The van der Waals surface area contributed by atoms with Crippen LogP contribution >= 0.6 is 23.4 Å². The van der Waals surface area contributed by atoms with Crippen LogP contribution in [0, 0.1) is 0 Å². The average molecular weight is 486 g/mol. The summed E-state index contributed by atoms with van der Waals surface area (Å²) in [6, 6.07) is 13.3. The van der Waals surface area contributed by atoms with Crippen molar-refractivity contribution in [2.24, 2.45) is 0 Å². The van der Waals surface area contributed by atoms with Crippen LogP contribution in [-0.4, -0.2) is 38.2 Å². The molecule has 5 nitrogen and oxygen atoms in total. The summed E-state index contributed by atoms with van der Waals surface area (Å²) in [6.07, 6.45) is 1.04. The molecule has 0 saturated heterocycles. The first-order valence-electron chi connectivity index (χ1n) is 11.4. The number of thioether (sulfide) groups is 1. The number of hydrogen-bond acceptors (Lipinski definition) is 4. The molecule has 0 aliphatic rings. The molecule has 1 atom stereocenters. The van der Waals surface area contributed by atoms with E-state index in [2.05, 4.69) is 26.0 Å². The van der Waals surface area contributed by atoms with Gasteiger partial charge in [-0.2, -0.15) is 0 Å². The molecule has 2 aromatic carbocycles. The lowest BCUT2D eigenvalue weighted by atomic mass is 9.98. The zero-order valence-electron chi connectivity index (χ0n) is 20.1. The van der Waals surface area contributed by atoms with Gasteiger partial charge in [0.1, 0.15) is 0 Å². The third-order valence-electron chi connectivity index (χ3n) is 5.86. The van der Waals surface area contributed by atoms with Gasteiger partial charge in [0.2, 0.25) is 5.91 Å². The van der Waals surface area contributed by atoms with Crippen molar-refractivity contribution in [3.05, 3.63) is 63.4 Å². The summed E-state index contributed by atoms with van der Waals surface area (Å²) in [4.78, 5) is 33.1. The predicted octanol–water partition coefficient (Wildman–Crippen LogP) is 6.29. The minimum atomic E-state index is -0.174. The van der Waals surface area contributed by atoms with E-state index in [1.54, 1.807) is 22.8 Å². The lowest BCUT2D eigenvalue weighted by Gasteiger charge is -2.30. The van der Waals surface area contributed by atoms with Gasteiger partial charge in [0.15, 0.2) is 5.16 Å². The van der Waals surface area contributed by atoms with Crippen LogP contribution in [0.5, 0.6) is 0 Å². The van der Waals surface area contributed by atoms with E-state index in [4.69, 9.17) is 16.6 Å². The molecule has 1 amide bonds. The fraction of sp³-hybridized carbons (Fsp3) is 0.423. The summed E-state index contributed by atoms with van der Waals surface area (Å²) >= 11 is 7.44. The molecular formula is C26H32ClN3O2S. The molecular weight excluding hydrogens is 454 g/mol. The van der Waals surface area contributed by atoms with Crippen LogP contribution in [-0.2, 0) is 4.79 Å². The summed E-state index contributed by atoms with van der Waals surface area (Å²) in [5.74, 6) is 0.654. The van der Waals surface area contributed by atoms with Gasteiger partial charge in [0, 0.05) is 17.1 Å². The van der Waals surface area contributed by atoms with E-state index >= 15 is 0 Å². The van der Waals surface area contributed by atoms with E-state index in [0.717, 1.165) is 12.1 Å². The maximum Gasteiger partial charge on any atom is 0.266 e. The van der Waals surface area contributed by atoms with Crippen molar-refractivity contribution in [2.45, 2.75) is 71.1 Å². The maximum atomic E-state index is 13.5. The summed E-state index contributed by atoms with van der Waals surface area (Å²) in [5.41, 5.74) is 2.31. The van der Waals surface area contributed by atoms with Crippen molar-refractivity contribution in [3.8, 4) is 5.69 Å². The van der Waals surface area contributed by atoms with Gasteiger partial charge < -0.3 is 4.90 Å². The molecule has 1 unspecified atom stereocenters. The molecule has 3 aromatic rings. The van der Waals surface area contributed by atoms with Gasteiger partial charge in [-0.25, -0.2) is 4.98 Å². The van der Waals surface area contributed by atoms with E-state index < -0.39 is 0 Å². The van der Waals surface area contributed by atoms with Crippen molar-refractivity contribution < 1.29 is 4.79 Å². The zero-order valence-corrected chi connectivity index (χ0v) is 21.7. The van der Waals surface area contributed by atoms with Crippen LogP contribution in [0.15, 0.2) is 52.4 Å². The molecule has 0 saturated carbocycles. The molecule has 33 heavy (non-hydrogen) atoms. The summed E-state index contributed by atoms with van der Waals surface area (Å²) in [7, 11) is 0. The van der Waals surface area contributed by atoms with Gasteiger partial charge in [0.25, 0.3) is 5.56 Å². The second kappa shape index (κ2) is 10.7. The number of hydrogen-bond donors (Lipinski definition) is 0. The second-order valence-corrected chi connectivity index (χ2v) is 10.3. The predicted molar refractivity (Wildman–Crippen MR) is 139 cm³/mol. The molecule has 0 aliphatic carbocycles. The fourth-order valence-electron chi connectivity index (χ4n) is 4.02. The van der Waals surface area contributed by atoms with E-state index in [9.17, 15) is 9.59 Å². The smallest absolute Gasteiger partial charge is 0.266 e. The first-order valence-corrected chi connectivity index (χ1v) is 12.8. The van der Waals surface area contributed by atoms with Crippen LogP contribution < -0.4 is 5.56 Å². The van der Waals surface area contributed by atoms with E-state index in [-0.39, 0.29) is 29.3 Å². The summed E-state index contributed by atoms with van der Waals surface area (Å²) in [6.45, 7) is 12.4. The van der Waals surface area contributed by atoms with Gasteiger partial charge in [-0.15, -0.1) is 0 Å². The van der Waals surface area contributed by atoms with Gasteiger partial charge in [-0.1, -0.05) is 49.3 Å². The number of nitrogens with zero attached hydrogens (tertiary/aromatic N) is 3. The van der Waals surface area contributed by atoms with Gasteiger partial charge in [0.05, 0.1) is 22.3 Å². The van der Waals surface area contributed by atoms with E-state index in [0.29, 0.717) is 27.0 Å². The molecule has 1 aromatic heterocycles. The average Bonchev–Trinajstić information content (AvgIpc) is 2.76. The quantitative estimate of drug-likeness (QED) is 0.278. The minimum absolute atomic E-state index is 0.0177. The Kier molecular flexibility index (Phi) is 8.24. The molecule has 3 rings (SSSR count). The van der Waals surface area contributed by atoms with E-state index in [1.165, 1.54) is 17.3 Å². The molecule has 0 bridgehead atoms. The second-order valence-electron chi connectivity index (χ2n) is 8.87. The summed E-state index contributed by atoms with van der Waals surface area (Å²) < 4.78 is 1.60. The SMILES string of the molecule is CCC(C)c1ccc(-n2c(SCC(=O)N(C(C)C)C(C)C)nc3cc(Cl)ccc3c2=O)cc1. The Labute approximate surface area is 205 Å². The van der Waals surface area contributed by atoms with Crippen LogP contribution in [0.3, 0.4) is 0 Å². The Morgan fingerprint density at radius 3 is 2.27 bits per heavy atom. The standard InChI is InChI=1S/C26H32ClN3O2S/c1-7-18(6)19-8-11-21(12-9-19)30-25(32)22-13-10-20(27)14-23(22)28-26(30)33-15-24(31)29(16(2)3)17(4)5/h8-14,16-18H,7,15H2,1-6H3. The van der Waals surface area contributed by atoms with Crippen LogP contribution in [0.1, 0.15) is 59.4 Å². The molecule has 0 N–H and O–H groups in total. The molecule has 1 heterocycles. The minimum Gasteiger partial charge on any atom is -0.337 e. The Balaban J connectivity index is 2.07. The van der Waals surface area contributed by atoms with Gasteiger partial charge >= 0.3 is 0 Å². The van der Waals surface area contributed by atoms with Crippen molar-refractivity contribution in [2.75, 3.05) is 5.75 Å². The highest BCUT2D eigenvalue weighted by molar-refractivity contribution is 7.99. The third-order valence-corrected chi connectivity index (χ3v) is 7.02. The van der Waals surface area contributed by atoms with Gasteiger partial charge in [-0.3, -0.25) is 14.2 Å². The Hall–Kier alpha value is -2.31. The number of rotatable bonds is 8. The Bertz CT molecular complexity index is 1180. The molecule has 0 fully saturated rings. The highest BCUT2D eigenvalue weighted by atomic mass is 35.5. The maximum absolute atomic E-state index is 13.5. The number of aromatic nitrogens is 2. The number of carbonyl (C=O) groups is 1. The first-order chi connectivity index (χ1) is 15.6. The van der Waals surface area contributed by atoms with E-state index in [1.807, 2.05) is 44.7 Å². The van der Waals surface area contributed by atoms with Crippen molar-refractivity contribution in [1.82, 2.24) is 14.5 Å². The van der Waals surface area contributed by atoms with Gasteiger partial charge in [-0.05, 0) is 75.9 Å². The van der Waals surface area contributed by atoms with Crippen molar-refractivity contribution in [1.29, 1.82) is 0 Å². The number of fused-ring (bicyclic) bond motifs is 1. The summed E-state index contributed by atoms with van der Waals surface area (Å²) in [5, 5.41) is 1.49.